The van der Waals surface area contributed by atoms with Gasteiger partial charge in [0, 0.05) is 26.2 Å². The molecule has 1 amide bonds. The Kier molecular flexibility index (Phi) is 7.77. The van der Waals surface area contributed by atoms with E-state index in [4.69, 9.17) is 4.74 Å². The van der Waals surface area contributed by atoms with Crippen molar-refractivity contribution in [3.05, 3.63) is 42.5 Å². The lowest BCUT2D eigenvalue weighted by Crippen LogP contribution is -2.41. The number of rotatable bonds is 8. The fourth-order valence-corrected chi connectivity index (χ4v) is 4.61. The first-order chi connectivity index (χ1) is 13.3. The van der Waals surface area contributed by atoms with E-state index in [2.05, 4.69) is 6.58 Å². The van der Waals surface area contributed by atoms with Gasteiger partial charge in [-0.1, -0.05) is 30.4 Å². The molecule has 0 unspecified atom stereocenters. The highest BCUT2D eigenvalue weighted by Gasteiger charge is 2.33. The van der Waals surface area contributed by atoms with E-state index in [-0.39, 0.29) is 30.5 Å². The van der Waals surface area contributed by atoms with Crippen molar-refractivity contribution in [1.82, 2.24) is 9.21 Å². The number of piperidine rings is 1. The average molecular weight is 409 g/mol. The zero-order valence-corrected chi connectivity index (χ0v) is 17.3. The second-order valence-corrected chi connectivity index (χ2v) is 8.90. The Labute approximate surface area is 167 Å². The third kappa shape index (κ3) is 5.65. The van der Waals surface area contributed by atoms with Gasteiger partial charge in [-0.15, -0.1) is 0 Å². The molecule has 1 aromatic rings. The molecule has 0 saturated carbocycles. The summed E-state index contributed by atoms with van der Waals surface area (Å²) in [5.41, 5.74) is 0.855. The molecule has 0 radical (unpaired) electrons. The Morgan fingerprint density at radius 2 is 1.82 bits per heavy atom. The lowest BCUT2D eigenvalue weighted by atomic mass is 9.98. The molecule has 0 aromatic heterocycles. The van der Waals surface area contributed by atoms with Crippen LogP contribution in [0.4, 0.5) is 0 Å². The maximum atomic E-state index is 12.6. The van der Waals surface area contributed by atoms with Crippen molar-refractivity contribution in [3.63, 3.8) is 0 Å². The number of carbonyl (C=O) groups is 2. The molecule has 0 aliphatic carbocycles. The molecule has 1 aliphatic heterocycles. The maximum absolute atomic E-state index is 12.6. The number of hydrogen-bond donors (Lipinski definition) is 0. The number of sulfonamides is 1. The molecule has 2 rings (SSSR count). The fourth-order valence-electron chi connectivity index (χ4n) is 3.12. The van der Waals surface area contributed by atoms with E-state index in [1.54, 1.807) is 35.2 Å². The van der Waals surface area contributed by atoms with Gasteiger partial charge in [-0.2, -0.15) is 4.31 Å². The number of benzene rings is 1. The number of hydrogen-bond acceptors (Lipinski definition) is 5. The third-order valence-electron chi connectivity index (χ3n) is 4.70. The Morgan fingerprint density at radius 3 is 2.36 bits per heavy atom. The minimum absolute atomic E-state index is 0.249. The van der Waals surface area contributed by atoms with Gasteiger partial charge in [-0.3, -0.25) is 9.59 Å². The molecule has 7 nitrogen and oxygen atoms in total. The normalized spacial score (nSPS) is 15.8. The van der Waals surface area contributed by atoms with Crippen LogP contribution in [0.5, 0.6) is 0 Å². The topological polar surface area (TPSA) is 84.0 Å². The van der Waals surface area contributed by atoms with Crippen molar-refractivity contribution >= 4 is 21.9 Å². The van der Waals surface area contributed by atoms with E-state index >= 15 is 0 Å². The third-order valence-corrected chi connectivity index (χ3v) is 6.61. The van der Waals surface area contributed by atoms with Gasteiger partial charge in [0.25, 0.3) is 5.91 Å². The monoisotopic (exact) mass is 408 g/mol. The van der Waals surface area contributed by atoms with E-state index in [1.165, 1.54) is 4.31 Å². The van der Waals surface area contributed by atoms with Crippen LogP contribution in [0.25, 0.3) is 0 Å². The molecule has 1 aliphatic rings. The summed E-state index contributed by atoms with van der Waals surface area (Å²) < 4.78 is 31.8. The molecular weight excluding hydrogens is 380 g/mol. The number of ether oxygens (including phenoxy) is 1. The van der Waals surface area contributed by atoms with Crippen LogP contribution in [0.15, 0.2) is 47.4 Å². The molecule has 0 N–H and O–H groups in total. The van der Waals surface area contributed by atoms with Gasteiger partial charge in [-0.25, -0.2) is 8.42 Å². The van der Waals surface area contributed by atoms with Gasteiger partial charge >= 0.3 is 5.97 Å². The van der Waals surface area contributed by atoms with Crippen LogP contribution in [0, 0.1) is 5.92 Å². The van der Waals surface area contributed by atoms with Crippen LogP contribution >= 0.6 is 0 Å². The van der Waals surface area contributed by atoms with Crippen LogP contribution in [-0.4, -0.2) is 62.3 Å². The van der Waals surface area contributed by atoms with Crippen LogP contribution < -0.4 is 0 Å². The molecule has 1 heterocycles. The lowest BCUT2D eigenvalue weighted by molar-refractivity contribution is -0.156. The lowest BCUT2D eigenvalue weighted by Gasteiger charge is -2.30. The number of esters is 1. The Hall–Kier alpha value is -2.19. The smallest absolute Gasteiger partial charge is 0.309 e. The molecule has 8 heteroatoms. The largest absolute Gasteiger partial charge is 0.455 e. The van der Waals surface area contributed by atoms with E-state index in [0.29, 0.717) is 25.9 Å². The summed E-state index contributed by atoms with van der Waals surface area (Å²) in [7, 11) is -3.55. The second-order valence-electron chi connectivity index (χ2n) is 6.96. The molecule has 1 aromatic carbocycles. The van der Waals surface area contributed by atoms with Crippen LogP contribution in [0.1, 0.15) is 26.7 Å². The molecule has 0 atom stereocenters. The van der Waals surface area contributed by atoms with Gasteiger partial charge in [0.1, 0.15) is 0 Å². The number of carbonyl (C=O) groups excluding carboxylic acids is 2. The van der Waals surface area contributed by atoms with E-state index in [9.17, 15) is 18.0 Å². The van der Waals surface area contributed by atoms with Crippen molar-refractivity contribution in [2.24, 2.45) is 5.92 Å². The summed E-state index contributed by atoms with van der Waals surface area (Å²) in [6.07, 6.45) is 0.755. The molecular formula is C20H28N2O5S. The average Bonchev–Trinajstić information content (AvgIpc) is 2.70. The van der Waals surface area contributed by atoms with Crippen LogP contribution in [0.3, 0.4) is 0 Å². The maximum Gasteiger partial charge on any atom is 0.309 e. The van der Waals surface area contributed by atoms with Crippen LogP contribution in [-0.2, 0) is 24.3 Å². The van der Waals surface area contributed by atoms with E-state index in [1.807, 2.05) is 13.8 Å². The first kappa shape index (κ1) is 22.1. The minimum atomic E-state index is -3.55. The molecule has 28 heavy (non-hydrogen) atoms. The van der Waals surface area contributed by atoms with E-state index in [0.717, 1.165) is 5.57 Å². The molecule has 1 saturated heterocycles. The SMILES string of the molecule is C=C(C)CN(CC)C(=O)COC(=O)C1CCN(S(=O)(=O)c2ccccc2)CC1. The molecule has 154 valence electrons. The number of amides is 1. The Bertz CT molecular complexity index is 799. The summed E-state index contributed by atoms with van der Waals surface area (Å²) in [5, 5.41) is 0. The highest BCUT2D eigenvalue weighted by molar-refractivity contribution is 7.89. The summed E-state index contributed by atoms with van der Waals surface area (Å²) in [4.78, 5) is 26.3. The van der Waals surface area contributed by atoms with Gasteiger partial charge in [-0.05, 0) is 38.8 Å². The summed E-state index contributed by atoms with van der Waals surface area (Å²) in [5.74, 6) is -1.11. The highest BCUT2D eigenvalue weighted by atomic mass is 32.2. The number of nitrogens with zero attached hydrogens (tertiary/aromatic N) is 2. The molecule has 0 spiro atoms. The van der Waals surface area contributed by atoms with Crippen molar-refractivity contribution in [1.29, 1.82) is 0 Å². The predicted molar refractivity (Wildman–Crippen MR) is 106 cm³/mol. The minimum Gasteiger partial charge on any atom is -0.455 e. The molecule has 0 bridgehead atoms. The Morgan fingerprint density at radius 1 is 1.21 bits per heavy atom. The predicted octanol–water partition coefficient (Wildman–Crippen LogP) is 2.06. The first-order valence-electron chi connectivity index (χ1n) is 9.39. The van der Waals surface area contributed by atoms with Gasteiger partial charge < -0.3 is 9.64 Å². The van der Waals surface area contributed by atoms with Crippen molar-refractivity contribution < 1.29 is 22.7 Å². The molecule has 1 fully saturated rings. The highest BCUT2D eigenvalue weighted by Crippen LogP contribution is 2.24. The van der Waals surface area contributed by atoms with Gasteiger partial charge in [0.2, 0.25) is 10.0 Å². The second kappa shape index (κ2) is 9.84. The fraction of sp³-hybridized carbons (Fsp3) is 0.500. The van der Waals surface area contributed by atoms with Gasteiger partial charge in [0.15, 0.2) is 6.61 Å². The van der Waals surface area contributed by atoms with E-state index < -0.39 is 21.9 Å². The first-order valence-corrected chi connectivity index (χ1v) is 10.8. The summed E-state index contributed by atoms with van der Waals surface area (Å²) in [6.45, 7) is 8.62. The van der Waals surface area contributed by atoms with Crippen molar-refractivity contribution in [2.45, 2.75) is 31.6 Å². The van der Waals surface area contributed by atoms with Crippen molar-refractivity contribution in [3.8, 4) is 0 Å². The summed E-state index contributed by atoms with van der Waals surface area (Å²) >= 11 is 0. The Balaban J connectivity index is 1.85. The zero-order valence-electron chi connectivity index (χ0n) is 16.5. The number of likely N-dealkylation sites (N-methyl/N-ethyl adjacent to an activating group) is 1. The summed E-state index contributed by atoms with van der Waals surface area (Å²) in [6, 6.07) is 8.25. The van der Waals surface area contributed by atoms with Gasteiger partial charge in [0.05, 0.1) is 10.8 Å². The standard InChI is InChI=1S/C20H28N2O5S/c1-4-21(14-16(2)3)19(23)15-27-20(24)17-10-12-22(13-11-17)28(25,26)18-8-6-5-7-9-18/h5-9,17H,2,4,10-15H2,1,3H3. The quantitative estimate of drug-likeness (QED) is 0.486. The zero-order chi connectivity index (χ0) is 20.7. The van der Waals surface area contributed by atoms with Crippen LogP contribution in [0.2, 0.25) is 0 Å². The van der Waals surface area contributed by atoms with Crippen molar-refractivity contribution in [2.75, 3.05) is 32.8 Å².